The van der Waals surface area contributed by atoms with Crippen LogP contribution in [0.5, 0.6) is 0 Å². The van der Waals surface area contributed by atoms with Gasteiger partial charge in [0.1, 0.15) is 5.56 Å². The fourth-order valence-corrected chi connectivity index (χ4v) is 4.60. The molecule has 0 spiro atoms. The predicted molar refractivity (Wildman–Crippen MR) is 137 cm³/mol. The minimum absolute atomic E-state index is 0.256. The largest absolute Gasteiger partial charge is 0.477 e. The van der Waals surface area contributed by atoms with E-state index in [4.69, 9.17) is 9.47 Å². The summed E-state index contributed by atoms with van der Waals surface area (Å²) < 4.78 is 11.6. The van der Waals surface area contributed by atoms with Crippen LogP contribution in [-0.2, 0) is 25.6 Å². The van der Waals surface area contributed by atoms with E-state index < -0.39 is 17.9 Å². The Hall–Kier alpha value is -4.00. The number of carbonyl (C=O) groups excluding carboxylic acids is 2. The SMILES string of the molecule is C/C=C(/C(=O)OC)C1=C(/C=C2\C=C(C)c3c[n+](CC(=O)O)cc(C(=O)OC)c32)C=C(C)/C1=C/C(C)C. The van der Waals surface area contributed by atoms with Gasteiger partial charge in [0.25, 0.3) is 0 Å². The summed E-state index contributed by atoms with van der Waals surface area (Å²) in [6, 6.07) is 0. The molecule has 0 amide bonds. The topological polar surface area (TPSA) is 93.8 Å². The summed E-state index contributed by atoms with van der Waals surface area (Å²) in [5, 5.41) is 9.27. The summed E-state index contributed by atoms with van der Waals surface area (Å²) in [5.41, 5.74) is 7.40. The van der Waals surface area contributed by atoms with E-state index >= 15 is 0 Å². The zero-order valence-electron chi connectivity index (χ0n) is 21.8. The van der Waals surface area contributed by atoms with E-state index in [9.17, 15) is 19.5 Å². The zero-order chi connectivity index (χ0) is 26.7. The number of carbonyl (C=O) groups is 3. The van der Waals surface area contributed by atoms with Crippen LogP contribution in [-0.4, -0.2) is 37.2 Å². The van der Waals surface area contributed by atoms with Crippen molar-refractivity contribution in [3.63, 3.8) is 0 Å². The van der Waals surface area contributed by atoms with E-state index in [1.165, 1.54) is 25.0 Å². The number of pyridine rings is 1. The fraction of sp³-hybridized carbons (Fsp3) is 0.310. The molecule has 0 saturated carbocycles. The Bertz CT molecular complexity index is 1330. The van der Waals surface area contributed by atoms with E-state index in [2.05, 4.69) is 19.9 Å². The molecule has 0 atom stereocenters. The van der Waals surface area contributed by atoms with Crippen LogP contribution in [0.25, 0.3) is 11.1 Å². The van der Waals surface area contributed by atoms with E-state index in [1.807, 2.05) is 32.1 Å². The van der Waals surface area contributed by atoms with Crippen molar-refractivity contribution in [3.05, 3.63) is 87.3 Å². The number of esters is 2. The molecule has 2 aliphatic carbocycles. The Morgan fingerprint density at radius 3 is 2.31 bits per heavy atom. The molecule has 7 heteroatoms. The number of fused-ring (bicyclic) bond motifs is 1. The lowest BCUT2D eigenvalue weighted by atomic mass is 9.91. The van der Waals surface area contributed by atoms with Gasteiger partial charge >= 0.3 is 17.9 Å². The number of aromatic nitrogens is 1. The highest BCUT2D eigenvalue weighted by atomic mass is 16.5. The van der Waals surface area contributed by atoms with Crippen molar-refractivity contribution < 1.29 is 33.5 Å². The summed E-state index contributed by atoms with van der Waals surface area (Å²) >= 11 is 0. The first kappa shape index (κ1) is 26.6. The second-order valence-corrected chi connectivity index (χ2v) is 9.12. The van der Waals surface area contributed by atoms with Gasteiger partial charge in [0.15, 0.2) is 12.4 Å². The third-order valence-electron chi connectivity index (χ3n) is 6.07. The number of hydrogen-bond donors (Lipinski definition) is 1. The second kappa shape index (κ2) is 10.7. The molecular formula is C29H32NO6+. The average Bonchev–Trinajstić information content (AvgIpc) is 3.28. The molecule has 0 bridgehead atoms. The second-order valence-electron chi connectivity index (χ2n) is 9.12. The van der Waals surface area contributed by atoms with Crippen LogP contribution in [0.2, 0.25) is 0 Å². The van der Waals surface area contributed by atoms with Gasteiger partial charge in [0, 0.05) is 11.1 Å². The summed E-state index contributed by atoms with van der Waals surface area (Å²) in [6.45, 7) is 9.59. The van der Waals surface area contributed by atoms with Crippen LogP contribution >= 0.6 is 0 Å². The van der Waals surface area contributed by atoms with Crippen molar-refractivity contribution in [2.24, 2.45) is 5.92 Å². The molecule has 188 valence electrons. The van der Waals surface area contributed by atoms with E-state index in [0.29, 0.717) is 11.1 Å². The predicted octanol–water partition coefficient (Wildman–Crippen LogP) is 4.60. The highest BCUT2D eigenvalue weighted by Gasteiger charge is 2.31. The quantitative estimate of drug-likeness (QED) is 0.341. The lowest BCUT2D eigenvalue weighted by molar-refractivity contribution is -0.686. The molecule has 2 aliphatic rings. The molecular weight excluding hydrogens is 458 g/mol. The maximum absolute atomic E-state index is 12.7. The highest BCUT2D eigenvalue weighted by molar-refractivity contribution is 6.05. The smallest absolute Gasteiger partial charge is 0.370 e. The summed E-state index contributed by atoms with van der Waals surface area (Å²) in [5.74, 6) is -1.74. The van der Waals surface area contributed by atoms with Gasteiger partial charge in [-0.2, -0.15) is 4.57 Å². The number of carboxylic acid groups (broad SMARTS) is 1. The molecule has 1 heterocycles. The van der Waals surface area contributed by atoms with Gasteiger partial charge in [-0.3, -0.25) is 0 Å². The average molecular weight is 491 g/mol. The van der Waals surface area contributed by atoms with E-state index in [-0.39, 0.29) is 18.0 Å². The Morgan fingerprint density at radius 1 is 1.06 bits per heavy atom. The van der Waals surface area contributed by atoms with Crippen molar-refractivity contribution in [2.45, 2.75) is 41.2 Å². The van der Waals surface area contributed by atoms with Gasteiger partial charge in [-0.15, -0.1) is 0 Å². The first-order valence-corrected chi connectivity index (χ1v) is 11.7. The minimum atomic E-state index is -1.02. The Kier molecular flexibility index (Phi) is 7.93. The summed E-state index contributed by atoms with van der Waals surface area (Å²) in [6.07, 6.45) is 13.0. The first-order chi connectivity index (χ1) is 17.0. The maximum Gasteiger partial charge on any atom is 0.370 e. The lowest BCUT2D eigenvalue weighted by Crippen LogP contribution is -2.39. The van der Waals surface area contributed by atoms with Crippen LogP contribution in [0, 0.1) is 5.92 Å². The Morgan fingerprint density at radius 2 is 1.75 bits per heavy atom. The highest BCUT2D eigenvalue weighted by Crippen LogP contribution is 2.42. The van der Waals surface area contributed by atoms with Crippen molar-refractivity contribution in [2.75, 3.05) is 14.2 Å². The van der Waals surface area contributed by atoms with Gasteiger partial charge in [0.2, 0.25) is 6.54 Å². The number of methoxy groups -OCH3 is 2. The van der Waals surface area contributed by atoms with Crippen molar-refractivity contribution in [3.8, 4) is 0 Å². The van der Waals surface area contributed by atoms with Crippen LogP contribution < -0.4 is 4.57 Å². The number of nitrogens with zero attached hydrogens (tertiary/aromatic N) is 1. The molecule has 1 aromatic rings. The molecule has 3 rings (SSSR count). The number of ether oxygens (including phenoxy) is 2. The molecule has 0 saturated heterocycles. The molecule has 0 radical (unpaired) electrons. The molecule has 0 unspecified atom stereocenters. The van der Waals surface area contributed by atoms with Crippen molar-refractivity contribution >= 4 is 29.1 Å². The van der Waals surface area contributed by atoms with Gasteiger partial charge in [0.05, 0.1) is 25.4 Å². The van der Waals surface area contributed by atoms with Crippen molar-refractivity contribution in [1.29, 1.82) is 0 Å². The number of hydrogen-bond acceptors (Lipinski definition) is 5. The number of carboxylic acids is 1. The first-order valence-electron chi connectivity index (χ1n) is 11.7. The fourth-order valence-electron chi connectivity index (χ4n) is 4.60. The number of rotatable bonds is 7. The van der Waals surface area contributed by atoms with Gasteiger partial charge in [-0.1, -0.05) is 38.2 Å². The summed E-state index contributed by atoms with van der Waals surface area (Å²) in [4.78, 5) is 36.7. The monoisotopic (exact) mass is 490 g/mol. The van der Waals surface area contributed by atoms with Crippen LogP contribution in [0.3, 0.4) is 0 Å². The normalized spacial score (nSPS) is 17.5. The van der Waals surface area contributed by atoms with Crippen LogP contribution in [0.15, 0.2) is 70.6 Å². The van der Waals surface area contributed by atoms with Crippen LogP contribution in [0.4, 0.5) is 0 Å². The van der Waals surface area contributed by atoms with Crippen LogP contribution in [0.1, 0.15) is 56.1 Å². The molecule has 36 heavy (non-hydrogen) atoms. The Balaban J connectivity index is 2.32. The Labute approximate surface area is 211 Å². The minimum Gasteiger partial charge on any atom is -0.477 e. The van der Waals surface area contributed by atoms with Gasteiger partial charge in [-0.25, -0.2) is 14.4 Å². The molecule has 0 aliphatic heterocycles. The number of allylic oxidation sites excluding steroid dienone is 10. The third kappa shape index (κ3) is 5.15. The molecule has 1 aromatic heterocycles. The van der Waals surface area contributed by atoms with Gasteiger partial charge < -0.3 is 14.6 Å². The molecule has 0 fully saturated rings. The van der Waals surface area contributed by atoms with E-state index in [0.717, 1.165) is 39.0 Å². The molecule has 7 nitrogen and oxygen atoms in total. The van der Waals surface area contributed by atoms with Crippen molar-refractivity contribution in [1.82, 2.24) is 0 Å². The standard InChI is InChI=1S/C29H31NO6/c1-8-21(28(33)35-6)26-19(10-17(4)22(26)9-16(2)3)12-20-11-18(5)23-13-30(15-25(31)32)14-24(27(20)23)29(34)36-7/h8-14,16H,15H2,1-7H3/p+1/b20-12+,21-8+,22-9-. The lowest BCUT2D eigenvalue weighted by Gasteiger charge is -2.14. The van der Waals surface area contributed by atoms with E-state index in [1.54, 1.807) is 19.2 Å². The zero-order valence-corrected chi connectivity index (χ0v) is 21.8. The maximum atomic E-state index is 12.7. The molecule has 0 aromatic carbocycles. The van der Waals surface area contributed by atoms with Gasteiger partial charge in [-0.05, 0) is 60.6 Å². The molecule has 1 N–H and O–H groups in total. The number of aliphatic carboxylic acids is 1. The summed E-state index contributed by atoms with van der Waals surface area (Å²) in [7, 11) is 2.66. The third-order valence-corrected chi connectivity index (χ3v) is 6.07.